The minimum absolute atomic E-state index is 0.305. The summed E-state index contributed by atoms with van der Waals surface area (Å²) < 4.78 is 1.31. The van der Waals surface area contributed by atoms with Crippen LogP contribution in [0.1, 0.15) is 30.1 Å². The molecule has 0 spiro atoms. The summed E-state index contributed by atoms with van der Waals surface area (Å²) in [6, 6.07) is 8.94. The van der Waals surface area contributed by atoms with Crippen LogP contribution in [0.15, 0.2) is 46.5 Å². The van der Waals surface area contributed by atoms with Crippen LogP contribution in [0.4, 0.5) is 0 Å². The summed E-state index contributed by atoms with van der Waals surface area (Å²) in [6.07, 6.45) is 7.99. The molecular formula is C17H17BrN2. The van der Waals surface area contributed by atoms with E-state index in [2.05, 4.69) is 62.6 Å². The molecule has 0 bridgehead atoms. The first-order valence-corrected chi connectivity index (χ1v) is 8.01. The fraction of sp³-hybridized carbons (Fsp3) is 0.294. The van der Waals surface area contributed by atoms with Gasteiger partial charge in [-0.05, 0) is 47.0 Å². The summed E-state index contributed by atoms with van der Waals surface area (Å²) in [5, 5.41) is 5.04. The van der Waals surface area contributed by atoms with E-state index in [0.29, 0.717) is 6.04 Å². The highest BCUT2D eigenvalue weighted by Gasteiger charge is 2.26. The van der Waals surface area contributed by atoms with Crippen molar-refractivity contribution in [3.8, 4) is 0 Å². The minimum atomic E-state index is 0.305. The minimum Gasteiger partial charge on any atom is -0.357 e. The second-order valence-corrected chi connectivity index (χ2v) is 6.55. The quantitative estimate of drug-likeness (QED) is 0.800. The van der Waals surface area contributed by atoms with Crippen LogP contribution in [-0.4, -0.2) is 11.5 Å². The number of hydrogen-bond donors (Lipinski definition) is 2. The predicted molar refractivity (Wildman–Crippen MR) is 87.1 cm³/mol. The Bertz CT molecular complexity index is 724. The SMILES string of the molecule is BrC1=CC(C2NCCc3c2[nH]c2ccccc32)=CCC1. The first kappa shape index (κ1) is 12.4. The molecule has 3 heteroatoms. The van der Waals surface area contributed by atoms with E-state index in [0.717, 1.165) is 25.8 Å². The van der Waals surface area contributed by atoms with Gasteiger partial charge < -0.3 is 10.3 Å². The molecule has 2 aromatic rings. The Kier molecular flexibility index (Phi) is 3.04. The average Bonchev–Trinajstić information content (AvgIpc) is 2.86. The van der Waals surface area contributed by atoms with Gasteiger partial charge in [0.2, 0.25) is 0 Å². The highest BCUT2D eigenvalue weighted by atomic mass is 79.9. The molecule has 4 rings (SSSR count). The maximum atomic E-state index is 3.66. The van der Waals surface area contributed by atoms with E-state index in [1.807, 2.05) is 0 Å². The molecule has 1 atom stereocenters. The molecule has 0 saturated heterocycles. The van der Waals surface area contributed by atoms with Crippen molar-refractivity contribution < 1.29 is 0 Å². The van der Waals surface area contributed by atoms with Crippen molar-refractivity contribution in [2.24, 2.45) is 0 Å². The number of benzene rings is 1. The molecule has 1 aliphatic carbocycles. The lowest BCUT2D eigenvalue weighted by molar-refractivity contribution is 0.556. The van der Waals surface area contributed by atoms with Gasteiger partial charge in [0.25, 0.3) is 0 Å². The van der Waals surface area contributed by atoms with E-state index in [4.69, 9.17) is 0 Å². The molecule has 1 aromatic carbocycles. The number of halogens is 1. The first-order chi connectivity index (χ1) is 9.83. The van der Waals surface area contributed by atoms with Crippen LogP contribution in [0.2, 0.25) is 0 Å². The Hall–Kier alpha value is -1.32. The number of para-hydroxylation sites is 1. The van der Waals surface area contributed by atoms with Crippen molar-refractivity contribution in [3.05, 3.63) is 57.7 Å². The fourth-order valence-corrected chi connectivity index (χ4v) is 3.85. The predicted octanol–water partition coefficient (Wildman–Crippen LogP) is 4.35. The van der Waals surface area contributed by atoms with E-state index < -0.39 is 0 Å². The molecule has 0 fully saturated rings. The number of rotatable bonds is 1. The number of fused-ring (bicyclic) bond motifs is 3. The zero-order valence-corrected chi connectivity index (χ0v) is 12.8. The van der Waals surface area contributed by atoms with Crippen molar-refractivity contribution in [1.82, 2.24) is 10.3 Å². The number of hydrogen-bond acceptors (Lipinski definition) is 1. The third-order valence-electron chi connectivity index (χ3n) is 4.28. The third kappa shape index (κ3) is 1.97. The third-order valence-corrected chi connectivity index (χ3v) is 4.90. The molecule has 0 saturated carbocycles. The van der Waals surface area contributed by atoms with Crippen molar-refractivity contribution >= 4 is 26.8 Å². The number of aromatic nitrogens is 1. The van der Waals surface area contributed by atoms with E-state index >= 15 is 0 Å². The van der Waals surface area contributed by atoms with Crippen LogP contribution in [0.25, 0.3) is 10.9 Å². The molecule has 0 amide bonds. The van der Waals surface area contributed by atoms with Crippen LogP contribution < -0.4 is 5.32 Å². The molecule has 1 aliphatic heterocycles. The van der Waals surface area contributed by atoms with Gasteiger partial charge in [-0.25, -0.2) is 0 Å². The molecule has 1 unspecified atom stereocenters. The lowest BCUT2D eigenvalue weighted by Gasteiger charge is -2.27. The topological polar surface area (TPSA) is 27.8 Å². The van der Waals surface area contributed by atoms with Crippen LogP contribution in [-0.2, 0) is 6.42 Å². The molecule has 102 valence electrons. The molecule has 2 aliphatic rings. The van der Waals surface area contributed by atoms with Gasteiger partial charge in [0.05, 0.1) is 6.04 Å². The van der Waals surface area contributed by atoms with Crippen molar-refractivity contribution in [1.29, 1.82) is 0 Å². The van der Waals surface area contributed by atoms with Gasteiger partial charge in [-0.2, -0.15) is 0 Å². The molecule has 2 heterocycles. The highest BCUT2D eigenvalue weighted by molar-refractivity contribution is 9.11. The number of nitrogens with one attached hydrogen (secondary N) is 2. The van der Waals surface area contributed by atoms with Gasteiger partial charge in [-0.1, -0.05) is 40.2 Å². The summed E-state index contributed by atoms with van der Waals surface area (Å²) in [4.78, 5) is 3.63. The zero-order valence-electron chi connectivity index (χ0n) is 11.2. The Morgan fingerprint density at radius 3 is 2.95 bits per heavy atom. The molecule has 1 aromatic heterocycles. The monoisotopic (exact) mass is 328 g/mol. The molecular weight excluding hydrogens is 312 g/mol. The number of allylic oxidation sites excluding steroid dienone is 2. The second-order valence-electron chi connectivity index (χ2n) is 5.53. The summed E-state index contributed by atoms with van der Waals surface area (Å²) in [6.45, 7) is 1.04. The van der Waals surface area contributed by atoms with Gasteiger partial charge in [-0.3, -0.25) is 0 Å². The average molecular weight is 329 g/mol. The number of H-pyrrole nitrogens is 1. The van der Waals surface area contributed by atoms with Crippen LogP contribution in [0.5, 0.6) is 0 Å². The van der Waals surface area contributed by atoms with E-state index in [1.54, 1.807) is 0 Å². The van der Waals surface area contributed by atoms with E-state index in [-0.39, 0.29) is 0 Å². The molecule has 20 heavy (non-hydrogen) atoms. The maximum absolute atomic E-state index is 3.66. The molecule has 2 N–H and O–H groups in total. The van der Waals surface area contributed by atoms with Crippen LogP contribution in [0.3, 0.4) is 0 Å². The van der Waals surface area contributed by atoms with Gasteiger partial charge >= 0.3 is 0 Å². The Labute approximate surface area is 127 Å². The lowest BCUT2D eigenvalue weighted by Crippen LogP contribution is -2.31. The van der Waals surface area contributed by atoms with Crippen molar-refractivity contribution in [3.63, 3.8) is 0 Å². The fourth-order valence-electron chi connectivity index (χ4n) is 3.35. The van der Waals surface area contributed by atoms with E-state index in [1.165, 1.54) is 32.2 Å². The van der Waals surface area contributed by atoms with Crippen molar-refractivity contribution in [2.45, 2.75) is 25.3 Å². The van der Waals surface area contributed by atoms with E-state index in [9.17, 15) is 0 Å². The lowest BCUT2D eigenvalue weighted by atomic mass is 9.91. The van der Waals surface area contributed by atoms with Crippen molar-refractivity contribution in [2.75, 3.05) is 6.54 Å². The van der Waals surface area contributed by atoms with Crippen LogP contribution in [0, 0.1) is 0 Å². The summed E-state index contributed by atoms with van der Waals surface area (Å²) in [5.74, 6) is 0. The summed E-state index contributed by atoms with van der Waals surface area (Å²) in [7, 11) is 0. The van der Waals surface area contributed by atoms with Gasteiger partial charge in [0.1, 0.15) is 0 Å². The standard InChI is InChI=1S/C17H17BrN2/c18-12-5-3-4-11(10-12)16-17-14(8-9-19-16)13-6-1-2-7-15(13)20-17/h1-2,4,6-7,10,16,19-20H,3,5,8-9H2. The Morgan fingerprint density at radius 1 is 1.15 bits per heavy atom. The highest BCUT2D eigenvalue weighted by Crippen LogP contribution is 2.36. The normalized spacial score (nSPS) is 22.4. The summed E-state index contributed by atoms with van der Waals surface area (Å²) >= 11 is 3.65. The Balaban J connectivity index is 1.84. The molecule has 2 nitrogen and oxygen atoms in total. The summed E-state index contributed by atoms with van der Waals surface area (Å²) in [5.41, 5.74) is 5.48. The molecule has 0 radical (unpaired) electrons. The van der Waals surface area contributed by atoms with Gasteiger partial charge in [0, 0.05) is 23.1 Å². The smallest absolute Gasteiger partial charge is 0.0729 e. The van der Waals surface area contributed by atoms with Gasteiger partial charge in [0.15, 0.2) is 0 Å². The second kappa shape index (κ2) is 4.90. The maximum Gasteiger partial charge on any atom is 0.0729 e. The first-order valence-electron chi connectivity index (χ1n) is 7.22. The van der Waals surface area contributed by atoms with Crippen LogP contribution >= 0.6 is 15.9 Å². The van der Waals surface area contributed by atoms with Gasteiger partial charge in [-0.15, -0.1) is 0 Å². The number of aromatic amines is 1. The zero-order chi connectivity index (χ0) is 13.5. The largest absolute Gasteiger partial charge is 0.357 e. The Morgan fingerprint density at radius 2 is 2.05 bits per heavy atom.